The number of nitrogens with one attached hydrogen (secondary N) is 1. The molecule has 2 atom stereocenters. The van der Waals surface area contributed by atoms with Gasteiger partial charge >= 0.3 is 6.18 Å². The second-order valence-electron chi connectivity index (χ2n) is 7.25. The van der Waals surface area contributed by atoms with E-state index >= 15 is 0 Å². The molecular formula is C20H18F3N3. The molecule has 1 aromatic carbocycles. The fourth-order valence-electron chi connectivity index (χ4n) is 4.58. The monoisotopic (exact) mass is 357 g/mol. The molecular weight excluding hydrogens is 339 g/mol. The number of aromatic nitrogens is 2. The van der Waals surface area contributed by atoms with Crippen molar-refractivity contribution in [1.29, 1.82) is 0 Å². The van der Waals surface area contributed by atoms with E-state index in [9.17, 15) is 13.2 Å². The van der Waals surface area contributed by atoms with E-state index in [2.05, 4.69) is 15.3 Å². The second-order valence-corrected chi connectivity index (χ2v) is 7.25. The average Bonchev–Trinajstić information content (AvgIpc) is 2.98. The molecule has 3 aromatic rings. The fraction of sp³-hybridized carbons (Fsp3) is 0.400. The van der Waals surface area contributed by atoms with Crippen molar-refractivity contribution in [3.05, 3.63) is 47.3 Å². The maximum atomic E-state index is 13.7. The summed E-state index contributed by atoms with van der Waals surface area (Å²) in [4.78, 5) is 8.59. The van der Waals surface area contributed by atoms with Gasteiger partial charge in [-0.3, -0.25) is 9.97 Å². The van der Waals surface area contributed by atoms with Crippen molar-refractivity contribution in [2.45, 2.75) is 50.4 Å². The standard InChI is InChI=1S/C20H18F3N3/c21-20(22,23)14-9-12-17-13(15-6-2-1-3-7-16(17)26-15)10-25-18(12)11-5-4-8-24-19(11)14/h4-5,8-10,15-16,26H,1-3,6-7H2. The van der Waals surface area contributed by atoms with E-state index in [1.54, 1.807) is 12.1 Å². The predicted octanol–water partition coefficient (Wildman–Crippen LogP) is 5.45. The normalized spacial score (nSPS) is 23.0. The molecule has 0 saturated carbocycles. The number of hydrogen-bond donors (Lipinski definition) is 1. The van der Waals surface area contributed by atoms with Crippen molar-refractivity contribution in [3.8, 4) is 0 Å². The molecule has 2 unspecified atom stereocenters. The molecule has 3 nitrogen and oxygen atoms in total. The molecule has 26 heavy (non-hydrogen) atoms. The van der Waals surface area contributed by atoms with Gasteiger partial charge in [0, 0.05) is 35.2 Å². The van der Waals surface area contributed by atoms with Crippen LogP contribution in [0.4, 0.5) is 13.2 Å². The van der Waals surface area contributed by atoms with Gasteiger partial charge in [0.05, 0.1) is 16.6 Å². The van der Waals surface area contributed by atoms with E-state index in [1.807, 2.05) is 6.20 Å². The third-order valence-corrected chi connectivity index (χ3v) is 5.71. The number of alkyl halides is 3. The molecule has 2 aromatic heterocycles. The first-order valence-electron chi connectivity index (χ1n) is 9.07. The van der Waals surface area contributed by atoms with Crippen molar-refractivity contribution in [1.82, 2.24) is 15.3 Å². The Morgan fingerprint density at radius 1 is 0.962 bits per heavy atom. The summed E-state index contributed by atoms with van der Waals surface area (Å²) in [5, 5.41) is 4.71. The highest BCUT2D eigenvalue weighted by molar-refractivity contribution is 6.07. The number of halogens is 3. The summed E-state index contributed by atoms with van der Waals surface area (Å²) in [6, 6.07) is 4.93. The van der Waals surface area contributed by atoms with Crippen LogP contribution in [0, 0.1) is 0 Å². The van der Waals surface area contributed by atoms with Gasteiger partial charge in [-0.15, -0.1) is 0 Å². The minimum Gasteiger partial charge on any atom is -0.303 e. The molecule has 4 heterocycles. The van der Waals surface area contributed by atoms with Crippen LogP contribution >= 0.6 is 0 Å². The average molecular weight is 357 g/mol. The Hall–Kier alpha value is -2.21. The Kier molecular flexibility index (Phi) is 3.47. The van der Waals surface area contributed by atoms with Crippen molar-refractivity contribution in [2.24, 2.45) is 0 Å². The lowest BCUT2D eigenvalue weighted by atomic mass is 9.93. The largest absolute Gasteiger partial charge is 0.418 e. The number of rotatable bonds is 0. The van der Waals surface area contributed by atoms with Gasteiger partial charge in [0.1, 0.15) is 0 Å². The summed E-state index contributed by atoms with van der Waals surface area (Å²) in [5.41, 5.74) is 2.00. The van der Waals surface area contributed by atoms with Gasteiger partial charge in [-0.1, -0.05) is 19.3 Å². The lowest BCUT2D eigenvalue weighted by Gasteiger charge is -2.19. The van der Waals surface area contributed by atoms with E-state index in [0.29, 0.717) is 16.3 Å². The van der Waals surface area contributed by atoms with Crippen LogP contribution in [0.25, 0.3) is 21.8 Å². The summed E-state index contributed by atoms with van der Waals surface area (Å²) < 4.78 is 41.2. The van der Waals surface area contributed by atoms with E-state index in [0.717, 1.165) is 36.8 Å². The molecule has 134 valence electrons. The van der Waals surface area contributed by atoms with Gasteiger partial charge in [0.25, 0.3) is 0 Å². The number of nitrogens with zero attached hydrogens (tertiary/aromatic N) is 2. The number of pyridine rings is 2. The summed E-state index contributed by atoms with van der Waals surface area (Å²) in [7, 11) is 0. The molecule has 6 heteroatoms. The SMILES string of the molecule is FC(F)(F)c1cc2c3c(cnc2c2cccnc12)C1CCCCCC3N1. The topological polar surface area (TPSA) is 37.8 Å². The van der Waals surface area contributed by atoms with Crippen LogP contribution in [0.15, 0.2) is 30.6 Å². The highest BCUT2D eigenvalue weighted by Crippen LogP contribution is 2.46. The van der Waals surface area contributed by atoms with Crippen LogP contribution in [-0.4, -0.2) is 9.97 Å². The number of fused-ring (bicyclic) bond motifs is 9. The van der Waals surface area contributed by atoms with Crippen LogP contribution in [0.5, 0.6) is 0 Å². The Labute approximate surface area is 148 Å². The van der Waals surface area contributed by atoms with Crippen molar-refractivity contribution in [2.75, 3.05) is 0 Å². The lowest BCUT2D eigenvalue weighted by Crippen LogP contribution is -2.19. The minimum atomic E-state index is -4.45. The lowest BCUT2D eigenvalue weighted by molar-refractivity contribution is -0.136. The summed E-state index contributed by atoms with van der Waals surface area (Å²) in [6.07, 6.45) is 4.19. The zero-order valence-corrected chi connectivity index (χ0v) is 14.1. The quantitative estimate of drug-likeness (QED) is 0.544. The highest BCUT2D eigenvalue weighted by atomic mass is 19.4. The van der Waals surface area contributed by atoms with Crippen LogP contribution in [-0.2, 0) is 6.18 Å². The van der Waals surface area contributed by atoms with E-state index in [1.165, 1.54) is 18.7 Å². The van der Waals surface area contributed by atoms with E-state index in [-0.39, 0.29) is 17.6 Å². The second kappa shape index (κ2) is 5.64. The maximum Gasteiger partial charge on any atom is 0.418 e. The van der Waals surface area contributed by atoms with E-state index < -0.39 is 11.7 Å². The third kappa shape index (κ3) is 2.31. The smallest absolute Gasteiger partial charge is 0.303 e. The predicted molar refractivity (Wildman–Crippen MR) is 93.7 cm³/mol. The van der Waals surface area contributed by atoms with Gasteiger partial charge < -0.3 is 5.32 Å². The molecule has 2 aliphatic heterocycles. The molecule has 2 bridgehead atoms. The molecule has 2 aliphatic rings. The maximum absolute atomic E-state index is 13.7. The van der Waals surface area contributed by atoms with Crippen molar-refractivity contribution >= 4 is 21.8 Å². The van der Waals surface area contributed by atoms with Crippen molar-refractivity contribution < 1.29 is 13.2 Å². The first-order chi connectivity index (χ1) is 12.5. The van der Waals surface area contributed by atoms with Crippen LogP contribution in [0.3, 0.4) is 0 Å². The third-order valence-electron chi connectivity index (χ3n) is 5.71. The van der Waals surface area contributed by atoms with Crippen LogP contribution in [0.1, 0.15) is 60.9 Å². The molecule has 0 radical (unpaired) electrons. The Morgan fingerprint density at radius 3 is 2.58 bits per heavy atom. The van der Waals surface area contributed by atoms with Crippen LogP contribution in [0.2, 0.25) is 0 Å². The van der Waals surface area contributed by atoms with Gasteiger partial charge in [-0.2, -0.15) is 13.2 Å². The Morgan fingerprint density at radius 2 is 1.77 bits per heavy atom. The summed E-state index contributed by atoms with van der Waals surface area (Å²) in [5.74, 6) is 0. The van der Waals surface area contributed by atoms with Gasteiger partial charge in [0.2, 0.25) is 0 Å². The first kappa shape index (κ1) is 16.0. The zero-order chi connectivity index (χ0) is 17.9. The molecule has 0 spiro atoms. The van der Waals surface area contributed by atoms with Gasteiger partial charge in [0.15, 0.2) is 0 Å². The molecule has 0 aliphatic carbocycles. The number of benzene rings is 1. The highest BCUT2D eigenvalue weighted by Gasteiger charge is 2.37. The Bertz CT molecular complexity index is 1010. The summed E-state index contributed by atoms with van der Waals surface area (Å²) in [6.45, 7) is 0. The molecule has 0 amide bonds. The number of hydrogen-bond acceptors (Lipinski definition) is 3. The Balaban J connectivity index is 1.88. The first-order valence-corrected chi connectivity index (χ1v) is 9.07. The molecule has 1 N–H and O–H groups in total. The molecule has 5 rings (SSSR count). The van der Waals surface area contributed by atoms with Crippen molar-refractivity contribution in [3.63, 3.8) is 0 Å². The zero-order valence-electron chi connectivity index (χ0n) is 14.1. The van der Waals surface area contributed by atoms with Gasteiger partial charge in [-0.05, 0) is 42.2 Å². The summed E-state index contributed by atoms with van der Waals surface area (Å²) >= 11 is 0. The fourth-order valence-corrected chi connectivity index (χ4v) is 4.58. The molecule has 1 fully saturated rings. The minimum absolute atomic E-state index is 0.0247. The molecule has 1 saturated heterocycles. The van der Waals surface area contributed by atoms with Crippen LogP contribution < -0.4 is 5.32 Å². The van der Waals surface area contributed by atoms with Gasteiger partial charge in [-0.25, -0.2) is 0 Å². The van der Waals surface area contributed by atoms with E-state index in [4.69, 9.17) is 0 Å².